The van der Waals surface area contributed by atoms with Crippen LogP contribution in [0, 0.1) is 0 Å². The van der Waals surface area contributed by atoms with E-state index < -0.39 is 0 Å². The van der Waals surface area contributed by atoms with Crippen molar-refractivity contribution in [3.05, 3.63) is 95.1 Å². The van der Waals surface area contributed by atoms with Gasteiger partial charge in [0.1, 0.15) is 13.2 Å². The summed E-state index contributed by atoms with van der Waals surface area (Å²) in [5, 5.41) is 0. The fourth-order valence-electron chi connectivity index (χ4n) is 4.62. The maximum Gasteiger partial charge on any atom is 0.164 e. The number of ketones is 1. The van der Waals surface area contributed by atoms with Crippen molar-refractivity contribution in [2.24, 2.45) is 0 Å². The summed E-state index contributed by atoms with van der Waals surface area (Å²) in [6.45, 7) is 3.73. The monoisotopic (exact) mass is 449 g/mol. The molecule has 3 aromatic rings. The molecule has 0 spiro atoms. The number of hydrogen-bond acceptors (Lipinski definition) is 4. The second kappa shape index (κ2) is 10.2. The molecule has 5 rings (SSSR count). The van der Waals surface area contributed by atoms with E-state index in [-0.39, 0.29) is 18.2 Å². The van der Waals surface area contributed by atoms with Gasteiger partial charge < -0.3 is 14.4 Å². The third-order valence-electron chi connectivity index (χ3n) is 6.29. The third-order valence-corrected chi connectivity index (χ3v) is 6.29. The summed E-state index contributed by atoms with van der Waals surface area (Å²) in [6, 6.07) is 25.0. The molecule has 0 saturated carbocycles. The van der Waals surface area contributed by atoms with Gasteiger partial charge in [0, 0.05) is 37.5 Å². The van der Waals surface area contributed by atoms with Crippen molar-refractivity contribution in [2.75, 3.05) is 32.8 Å². The molecule has 5 heteroatoms. The Morgan fingerprint density at radius 1 is 0.906 bits per heavy atom. The number of ether oxygens (including phenoxy) is 2. The van der Waals surface area contributed by atoms with E-state index in [0.29, 0.717) is 36.9 Å². The molecule has 0 radical (unpaired) electrons. The van der Waals surface area contributed by atoms with E-state index in [2.05, 4.69) is 59.5 Å². The van der Waals surface area contributed by atoms with Crippen LogP contribution in [0.1, 0.15) is 39.4 Å². The van der Waals surface area contributed by atoms with E-state index >= 15 is 0 Å². The molecule has 1 atom stereocenters. The first-order chi connectivity index (χ1) is 15.3. The zero-order chi connectivity index (χ0) is 21.0. The van der Waals surface area contributed by atoms with Crippen LogP contribution in [0.25, 0.3) is 0 Å². The molecular formula is C27H28ClNO3. The Kier molecular flexibility index (Phi) is 7.13. The fourth-order valence-corrected chi connectivity index (χ4v) is 4.62. The van der Waals surface area contributed by atoms with Crippen molar-refractivity contribution in [1.29, 1.82) is 0 Å². The molecule has 0 bridgehead atoms. The van der Waals surface area contributed by atoms with Gasteiger partial charge in [0.05, 0.1) is 0 Å². The molecule has 0 aliphatic carbocycles. The zero-order valence-electron chi connectivity index (χ0n) is 18.0. The van der Waals surface area contributed by atoms with Crippen molar-refractivity contribution in [3.8, 4) is 11.5 Å². The van der Waals surface area contributed by atoms with E-state index in [9.17, 15) is 4.79 Å². The van der Waals surface area contributed by atoms with E-state index in [1.165, 1.54) is 16.7 Å². The Morgan fingerprint density at radius 3 is 2.50 bits per heavy atom. The highest BCUT2D eigenvalue weighted by Crippen LogP contribution is 2.32. The molecule has 2 aliphatic heterocycles. The molecule has 32 heavy (non-hydrogen) atoms. The van der Waals surface area contributed by atoms with Crippen molar-refractivity contribution < 1.29 is 14.3 Å². The predicted molar refractivity (Wildman–Crippen MR) is 128 cm³/mol. The van der Waals surface area contributed by atoms with Crippen LogP contribution in [-0.4, -0.2) is 43.5 Å². The zero-order valence-corrected chi connectivity index (χ0v) is 18.9. The second-order valence-electron chi connectivity index (χ2n) is 8.24. The number of fused-ring (bicyclic) bond motifs is 2. The minimum absolute atomic E-state index is 0. The molecule has 4 nitrogen and oxygen atoms in total. The average molecular weight is 450 g/mol. The lowest BCUT2D eigenvalue weighted by atomic mass is 9.88. The molecule has 0 aromatic heterocycles. The number of Topliss-reactive ketones (excluding diaryl/α,β-unsaturated/α-hetero) is 1. The normalized spacial score (nSPS) is 17.6. The SMILES string of the molecule is Cl.O=C(CCN1CCc2ccccc2C(c2ccccc2)C1)c1ccc2c(c1)OCCO2. The van der Waals surface area contributed by atoms with Gasteiger partial charge in [-0.1, -0.05) is 54.6 Å². The maximum atomic E-state index is 12.9. The van der Waals surface area contributed by atoms with Gasteiger partial charge in [-0.25, -0.2) is 0 Å². The van der Waals surface area contributed by atoms with Crippen LogP contribution in [0.5, 0.6) is 11.5 Å². The molecule has 0 saturated heterocycles. The summed E-state index contributed by atoms with van der Waals surface area (Å²) in [4.78, 5) is 15.3. The molecule has 2 aliphatic rings. The summed E-state index contributed by atoms with van der Waals surface area (Å²) in [7, 11) is 0. The van der Waals surface area contributed by atoms with Crippen LogP contribution < -0.4 is 9.47 Å². The van der Waals surface area contributed by atoms with Crippen molar-refractivity contribution in [1.82, 2.24) is 4.90 Å². The van der Waals surface area contributed by atoms with Gasteiger partial charge in [0.15, 0.2) is 17.3 Å². The number of hydrogen-bond donors (Lipinski definition) is 0. The third kappa shape index (κ3) is 4.82. The van der Waals surface area contributed by atoms with Crippen LogP contribution >= 0.6 is 12.4 Å². The Hall–Kier alpha value is -2.82. The van der Waals surface area contributed by atoms with Gasteiger partial charge in [0.2, 0.25) is 0 Å². The van der Waals surface area contributed by atoms with Gasteiger partial charge >= 0.3 is 0 Å². The van der Waals surface area contributed by atoms with Crippen LogP contribution in [0.2, 0.25) is 0 Å². The first kappa shape index (κ1) is 22.4. The largest absolute Gasteiger partial charge is 0.486 e. The number of carbonyl (C=O) groups excluding carboxylic acids is 1. The quantitative estimate of drug-likeness (QED) is 0.505. The number of nitrogens with zero attached hydrogens (tertiary/aromatic N) is 1. The summed E-state index contributed by atoms with van der Waals surface area (Å²) in [5.74, 6) is 1.87. The summed E-state index contributed by atoms with van der Waals surface area (Å²) < 4.78 is 11.2. The minimum Gasteiger partial charge on any atom is -0.486 e. The lowest BCUT2D eigenvalue weighted by molar-refractivity contribution is 0.0963. The summed E-state index contributed by atoms with van der Waals surface area (Å²) in [6.07, 6.45) is 1.51. The number of carbonyl (C=O) groups is 1. The lowest BCUT2D eigenvalue weighted by Gasteiger charge is -2.25. The lowest BCUT2D eigenvalue weighted by Crippen LogP contribution is -2.31. The maximum absolute atomic E-state index is 12.9. The van der Waals surface area contributed by atoms with Crippen molar-refractivity contribution >= 4 is 18.2 Å². The second-order valence-corrected chi connectivity index (χ2v) is 8.24. The summed E-state index contributed by atoms with van der Waals surface area (Å²) >= 11 is 0. The van der Waals surface area contributed by atoms with E-state index in [4.69, 9.17) is 9.47 Å². The Bertz CT molecular complexity index is 1070. The molecule has 0 N–H and O–H groups in total. The molecule has 1 unspecified atom stereocenters. The summed E-state index contributed by atoms with van der Waals surface area (Å²) in [5.41, 5.74) is 4.85. The standard InChI is InChI=1S/C27H27NO3.ClH/c29-25(22-10-11-26-27(18-22)31-17-16-30-26)13-15-28-14-12-21-8-4-5-9-23(21)24(19-28)20-6-2-1-3-7-20;/h1-11,18,24H,12-17,19H2;1H. The molecule has 0 fully saturated rings. The number of benzene rings is 3. The highest BCUT2D eigenvalue weighted by molar-refractivity contribution is 5.96. The Labute approximate surface area is 195 Å². The van der Waals surface area contributed by atoms with Gasteiger partial charge in [-0.2, -0.15) is 0 Å². The Morgan fingerprint density at radius 2 is 1.66 bits per heavy atom. The predicted octanol–water partition coefficient (Wildman–Crippen LogP) is 5.14. The fraction of sp³-hybridized carbons (Fsp3) is 0.296. The Balaban J connectivity index is 0.00000245. The van der Waals surface area contributed by atoms with Crippen LogP contribution in [0.4, 0.5) is 0 Å². The van der Waals surface area contributed by atoms with Gasteiger partial charge in [-0.3, -0.25) is 4.79 Å². The van der Waals surface area contributed by atoms with Crippen molar-refractivity contribution in [3.63, 3.8) is 0 Å². The van der Waals surface area contributed by atoms with E-state index in [1.807, 2.05) is 18.2 Å². The molecule has 166 valence electrons. The number of rotatable bonds is 5. The van der Waals surface area contributed by atoms with Crippen LogP contribution in [-0.2, 0) is 6.42 Å². The highest BCUT2D eigenvalue weighted by Gasteiger charge is 2.24. The van der Waals surface area contributed by atoms with Crippen LogP contribution in [0.15, 0.2) is 72.8 Å². The molecule has 2 heterocycles. The first-order valence-corrected chi connectivity index (χ1v) is 11.1. The van der Waals surface area contributed by atoms with E-state index in [0.717, 1.165) is 31.8 Å². The first-order valence-electron chi connectivity index (χ1n) is 11.1. The molecular weight excluding hydrogens is 422 g/mol. The number of halogens is 1. The smallest absolute Gasteiger partial charge is 0.164 e. The highest BCUT2D eigenvalue weighted by atomic mass is 35.5. The average Bonchev–Trinajstić information content (AvgIpc) is 3.02. The molecule has 3 aromatic carbocycles. The van der Waals surface area contributed by atoms with Crippen LogP contribution in [0.3, 0.4) is 0 Å². The van der Waals surface area contributed by atoms with Gasteiger partial charge in [0.25, 0.3) is 0 Å². The van der Waals surface area contributed by atoms with Gasteiger partial charge in [-0.15, -0.1) is 12.4 Å². The van der Waals surface area contributed by atoms with Crippen molar-refractivity contribution in [2.45, 2.75) is 18.8 Å². The minimum atomic E-state index is 0. The van der Waals surface area contributed by atoms with E-state index in [1.54, 1.807) is 0 Å². The topological polar surface area (TPSA) is 38.8 Å². The van der Waals surface area contributed by atoms with Gasteiger partial charge in [-0.05, 0) is 41.3 Å². The molecule has 0 amide bonds.